The molecule has 4 aromatic rings. The van der Waals surface area contributed by atoms with E-state index in [-0.39, 0.29) is 19.0 Å². The Hall–Kier alpha value is -3.98. The number of H-pyrrole nitrogens is 1. The van der Waals surface area contributed by atoms with E-state index in [4.69, 9.17) is 16.7 Å². The number of pyridine rings is 2. The summed E-state index contributed by atoms with van der Waals surface area (Å²) >= 11 is 6.10. The van der Waals surface area contributed by atoms with Crippen LogP contribution in [0.1, 0.15) is 32.7 Å². The summed E-state index contributed by atoms with van der Waals surface area (Å²) in [5, 5.41) is 14.8. The molecule has 33 heavy (non-hydrogen) atoms. The standard InChI is InChI=1S/C23H19ClFN5O3/c24-19-12-28-21-6-20(25)15(5-18(19)21)10-29-22(31)16-4-14(7-26-9-16)3-13-1-2-17(27-8-13)11-30-23(32)33/h1-2,4-9,12,28,30H,3,10-11H2,(H,29,31)(H,32,33). The van der Waals surface area contributed by atoms with E-state index in [9.17, 15) is 14.0 Å². The normalized spacial score (nSPS) is 10.8. The van der Waals surface area contributed by atoms with E-state index in [0.717, 1.165) is 11.1 Å². The summed E-state index contributed by atoms with van der Waals surface area (Å²) < 4.78 is 14.3. The van der Waals surface area contributed by atoms with Gasteiger partial charge in [-0.15, -0.1) is 0 Å². The summed E-state index contributed by atoms with van der Waals surface area (Å²) in [6, 6.07) is 8.24. The van der Waals surface area contributed by atoms with Crippen molar-refractivity contribution in [2.45, 2.75) is 19.5 Å². The maximum absolute atomic E-state index is 14.3. The molecule has 4 N–H and O–H groups in total. The average molecular weight is 468 g/mol. The molecule has 3 heterocycles. The zero-order valence-corrected chi connectivity index (χ0v) is 18.0. The number of carbonyl (C=O) groups excluding carboxylic acids is 1. The number of carbonyl (C=O) groups is 2. The predicted octanol–water partition coefficient (Wildman–Crippen LogP) is 4.04. The van der Waals surface area contributed by atoms with E-state index in [2.05, 4.69) is 25.6 Å². The van der Waals surface area contributed by atoms with Gasteiger partial charge in [-0.3, -0.25) is 14.8 Å². The van der Waals surface area contributed by atoms with E-state index in [0.29, 0.717) is 39.2 Å². The second kappa shape index (κ2) is 9.66. The third-order valence-corrected chi connectivity index (χ3v) is 5.32. The van der Waals surface area contributed by atoms with Gasteiger partial charge in [-0.2, -0.15) is 0 Å². The van der Waals surface area contributed by atoms with Crippen molar-refractivity contribution in [1.29, 1.82) is 0 Å². The second-order valence-corrected chi connectivity index (χ2v) is 7.79. The lowest BCUT2D eigenvalue weighted by molar-refractivity contribution is 0.0950. The van der Waals surface area contributed by atoms with Crippen molar-refractivity contribution < 1.29 is 19.1 Å². The molecule has 0 unspecified atom stereocenters. The van der Waals surface area contributed by atoms with Crippen molar-refractivity contribution in [3.63, 3.8) is 0 Å². The van der Waals surface area contributed by atoms with Crippen LogP contribution in [0.3, 0.4) is 0 Å². The predicted molar refractivity (Wildman–Crippen MR) is 121 cm³/mol. The maximum atomic E-state index is 14.3. The minimum atomic E-state index is -1.11. The fourth-order valence-electron chi connectivity index (χ4n) is 3.34. The lowest BCUT2D eigenvalue weighted by Crippen LogP contribution is -2.23. The number of aromatic amines is 1. The van der Waals surface area contributed by atoms with Crippen LogP contribution < -0.4 is 10.6 Å². The van der Waals surface area contributed by atoms with Gasteiger partial charge in [0.1, 0.15) is 5.82 Å². The zero-order valence-electron chi connectivity index (χ0n) is 17.2. The van der Waals surface area contributed by atoms with Gasteiger partial charge in [0.15, 0.2) is 0 Å². The van der Waals surface area contributed by atoms with Gasteiger partial charge in [0, 0.05) is 54.2 Å². The summed E-state index contributed by atoms with van der Waals surface area (Å²) in [6.07, 6.45) is 5.71. The molecule has 3 aromatic heterocycles. The molecule has 0 saturated heterocycles. The molecular weight excluding hydrogens is 449 g/mol. The van der Waals surface area contributed by atoms with Crippen molar-refractivity contribution >= 4 is 34.5 Å². The monoisotopic (exact) mass is 467 g/mol. The van der Waals surface area contributed by atoms with Crippen LogP contribution in [0.25, 0.3) is 10.9 Å². The smallest absolute Gasteiger partial charge is 0.404 e. The zero-order chi connectivity index (χ0) is 23.4. The number of amides is 2. The highest BCUT2D eigenvalue weighted by Crippen LogP contribution is 2.25. The molecule has 0 bridgehead atoms. The summed E-state index contributed by atoms with van der Waals surface area (Å²) in [4.78, 5) is 34.4. The van der Waals surface area contributed by atoms with Gasteiger partial charge < -0.3 is 20.7 Å². The third kappa shape index (κ3) is 5.45. The fourth-order valence-corrected chi connectivity index (χ4v) is 3.55. The van der Waals surface area contributed by atoms with Crippen LogP contribution in [-0.2, 0) is 19.5 Å². The van der Waals surface area contributed by atoms with Crippen LogP contribution in [0.2, 0.25) is 5.02 Å². The molecule has 0 aliphatic carbocycles. The Labute approximate surface area is 192 Å². The Morgan fingerprint density at radius 1 is 1.06 bits per heavy atom. The van der Waals surface area contributed by atoms with Crippen molar-refractivity contribution in [2.75, 3.05) is 0 Å². The van der Waals surface area contributed by atoms with Crippen LogP contribution in [0, 0.1) is 5.82 Å². The van der Waals surface area contributed by atoms with Gasteiger partial charge in [0.25, 0.3) is 5.91 Å². The van der Waals surface area contributed by atoms with E-state index >= 15 is 0 Å². The highest BCUT2D eigenvalue weighted by atomic mass is 35.5. The van der Waals surface area contributed by atoms with Gasteiger partial charge in [0.2, 0.25) is 0 Å². The highest BCUT2D eigenvalue weighted by Gasteiger charge is 2.12. The molecule has 0 saturated carbocycles. The molecule has 4 rings (SSSR count). The Morgan fingerprint density at radius 3 is 2.67 bits per heavy atom. The van der Waals surface area contributed by atoms with E-state index < -0.39 is 11.9 Å². The Balaban J connectivity index is 1.40. The largest absolute Gasteiger partial charge is 0.465 e. The van der Waals surface area contributed by atoms with Crippen LogP contribution in [-0.4, -0.2) is 32.1 Å². The number of halogens is 2. The molecule has 2 amide bonds. The summed E-state index contributed by atoms with van der Waals surface area (Å²) in [7, 11) is 0. The minimum Gasteiger partial charge on any atom is -0.465 e. The first-order valence-corrected chi connectivity index (χ1v) is 10.3. The Kier molecular flexibility index (Phi) is 6.50. The number of fused-ring (bicyclic) bond motifs is 1. The van der Waals surface area contributed by atoms with E-state index in [1.165, 1.54) is 12.3 Å². The molecule has 0 fully saturated rings. The van der Waals surface area contributed by atoms with Crippen LogP contribution in [0.15, 0.2) is 55.1 Å². The van der Waals surface area contributed by atoms with E-state index in [1.807, 2.05) is 6.07 Å². The quantitative estimate of drug-likeness (QED) is 0.327. The van der Waals surface area contributed by atoms with Gasteiger partial charge in [-0.25, -0.2) is 9.18 Å². The summed E-state index contributed by atoms with van der Waals surface area (Å²) in [5.74, 6) is -0.820. The molecule has 168 valence electrons. The average Bonchev–Trinajstić information content (AvgIpc) is 3.16. The first-order chi connectivity index (χ1) is 15.9. The van der Waals surface area contributed by atoms with Crippen LogP contribution in [0.5, 0.6) is 0 Å². The lowest BCUT2D eigenvalue weighted by atomic mass is 10.1. The molecule has 0 spiro atoms. The number of hydrogen-bond acceptors (Lipinski definition) is 4. The molecule has 0 radical (unpaired) electrons. The molecule has 0 aliphatic rings. The molecule has 0 atom stereocenters. The molecule has 0 aliphatic heterocycles. The lowest BCUT2D eigenvalue weighted by Gasteiger charge is -2.09. The second-order valence-electron chi connectivity index (χ2n) is 7.38. The molecular formula is C23H19ClFN5O3. The minimum absolute atomic E-state index is 0.00209. The Morgan fingerprint density at radius 2 is 1.91 bits per heavy atom. The topological polar surface area (TPSA) is 120 Å². The van der Waals surface area contributed by atoms with Crippen molar-refractivity contribution in [1.82, 2.24) is 25.6 Å². The Bertz CT molecular complexity index is 1320. The maximum Gasteiger partial charge on any atom is 0.404 e. The molecule has 1 aromatic carbocycles. The van der Waals surface area contributed by atoms with Crippen molar-refractivity contribution in [3.05, 3.63) is 93.9 Å². The van der Waals surface area contributed by atoms with E-state index in [1.54, 1.807) is 36.8 Å². The fraction of sp³-hybridized carbons (Fsp3) is 0.130. The summed E-state index contributed by atoms with van der Waals surface area (Å²) in [5.41, 5.74) is 3.54. The number of benzene rings is 1. The van der Waals surface area contributed by atoms with Crippen molar-refractivity contribution in [3.8, 4) is 0 Å². The number of nitrogens with one attached hydrogen (secondary N) is 3. The number of carboxylic acid groups (broad SMARTS) is 1. The summed E-state index contributed by atoms with van der Waals surface area (Å²) in [6.45, 7) is 0.124. The van der Waals surface area contributed by atoms with Gasteiger partial charge >= 0.3 is 6.09 Å². The highest BCUT2D eigenvalue weighted by molar-refractivity contribution is 6.35. The van der Waals surface area contributed by atoms with Crippen LogP contribution in [0.4, 0.5) is 9.18 Å². The van der Waals surface area contributed by atoms with Gasteiger partial charge in [-0.1, -0.05) is 17.7 Å². The van der Waals surface area contributed by atoms with Crippen molar-refractivity contribution in [2.24, 2.45) is 0 Å². The number of hydrogen-bond donors (Lipinski definition) is 4. The number of rotatable bonds is 7. The molecule has 10 heteroatoms. The SMILES string of the molecule is O=C(O)NCc1ccc(Cc2cncc(C(=O)NCc3cc4c(Cl)c[nH]c4cc3F)c2)cn1. The number of nitrogens with zero attached hydrogens (tertiary/aromatic N) is 2. The van der Waals surface area contributed by atoms with Crippen LogP contribution >= 0.6 is 11.6 Å². The first-order valence-electron chi connectivity index (χ1n) is 9.97. The third-order valence-electron chi connectivity index (χ3n) is 5.01. The van der Waals surface area contributed by atoms with Gasteiger partial charge in [-0.05, 0) is 35.4 Å². The number of aromatic nitrogens is 3. The molecule has 8 nitrogen and oxygen atoms in total. The first kappa shape index (κ1) is 22.2. The van der Waals surface area contributed by atoms with Gasteiger partial charge in [0.05, 0.1) is 22.8 Å².